The average Bonchev–Trinajstić information content (AvgIpc) is 2.61. The molecule has 3 rings (SSSR count). The van der Waals surface area contributed by atoms with Gasteiger partial charge in [-0.2, -0.15) is 13.2 Å². The van der Waals surface area contributed by atoms with E-state index in [4.69, 9.17) is 0 Å². The van der Waals surface area contributed by atoms with Crippen LogP contribution < -0.4 is 10.2 Å². The van der Waals surface area contributed by atoms with Gasteiger partial charge in [0.05, 0.1) is 11.5 Å². The van der Waals surface area contributed by atoms with Gasteiger partial charge in [-0.3, -0.25) is 4.79 Å². The van der Waals surface area contributed by atoms with Gasteiger partial charge in [0, 0.05) is 45.1 Å². The molecule has 2 fully saturated rings. The first-order chi connectivity index (χ1) is 11.4. The van der Waals surface area contributed by atoms with Crippen LogP contribution >= 0.6 is 0 Å². The number of piperazine rings is 1. The molecule has 0 spiro atoms. The standard InChI is InChI=1S/C15H20F3N5O/c16-15(17,18)12-9-20-14(21-10-12)23-6-4-22(5-7-23)13(24)11-2-1-3-19-8-11/h9-11,19H,1-8H2/t11-/m0/s1. The van der Waals surface area contributed by atoms with E-state index in [0.717, 1.165) is 38.3 Å². The molecule has 2 aliphatic heterocycles. The molecule has 9 heteroatoms. The van der Waals surface area contributed by atoms with E-state index in [2.05, 4.69) is 15.3 Å². The lowest BCUT2D eigenvalue weighted by Gasteiger charge is -2.37. The summed E-state index contributed by atoms with van der Waals surface area (Å²) in [6.07, 6.45) is -0.914. The molecule has 0 aliphatic carbocycles. The molecule has 1 aromatic rings. The number of carbonyl (C=O) groups is 1. The van der Waals surface area contributed by atoms with Crippen LogP contribution in [0.15, 0.2) is 12.4 Å². The normalized spacial score (nSPS) is 22.5. The Labute approximate surface area is 138 Å². The van der Waals surface area contributed by atoms with E-state index < -0.39 is 11.7 Å². The molecule has 0 unspecified atom stereocenters. The predicted molar refractivity (Wildman–Crippen MR) is 81.4 cm³/mol. The minimum Gasteiger partial charge on any atom is -0.339 e. The lowest BCUT2D eigenvalue weighted by molar-refractivity contribution is -0.138. The van der Waals surface area contributed by atoms with E-state index in [9.17, 15) is 18.0 Å². The van der Waals surface area contributed by atoms with E-state index >= 15 is 0 Å². The lowest BCUT2D eigenvalue weighted by atomic mass is 9.98. The summed E-state index contributed by atoms with van der Waals surface area (Å²) in [7, 11) is 0. The number of piperidine rings is 1. The summed E-state index contributed by atoms with van der Waals surface area (Å²) in [5.74, 6) is 0.470. The lowest BCUT2D eigenvalue weighted by Crippen LogP contribution is -2.52. The van der Waals surface area contributed by atoms with Crippen LogP contribution in [0.5, 0.6) is 0 Å². The largest absolute Gasteiger partial charge is 0.419 e. The van der Waals surface area contributed by atoms with Crippen molar-refractivity contribution in [1.29, 1.82) is 0 Å². The number of rotatable bonds is 2. The van der Waals surface area contributed by atoms with Crippen molar-refractivity contribution in [3.8, 4) is 0 Å². The summed E-state index contributed by atoms with van der Waals surface area (Å²) in [5.41, 5.74) is -0.857. The Morgan fingerprint density at radius 2 is 1.83 bits per heavy atom. The van der Waals surface area contributed by atoms with Crippen molar-refractivity contribution in [1.82, 2.24) is 20.2 Å². The van der Waals surface area contributed by atoms with Crippen LogP contribution in [-0.4, -0.2) is 60.0 Å². The van der Waals surface area contributed by atoms with Gasteiger partial charge in [0.15, 0.2) is 0 Å². The Balaban J connectivity index is 1.55. The zero-order valence-corrected chi connectivity index (χ0v) is 13.2. The van der Waals surface area contributed by atoms with Gasteiger partial charge in [-0.25, -0.2) is 9.97 Å². The second kappa shape index (κ2) is 6.92. The first-order valence-corrected chi connectivity index (χ1v) is 8.09. The predicted octanol–water partition coefficient (Wildman–Crippen LogP) is 1.14. The molecule has 132 valence electrons. The monoisotopic (exact) mass is 343 g/mol. The summed E-state index contributed by atoms with van der Waals surface area (Å²) >= 11 is 0. The van der Waals surface area contributed by atoms with E-state index in [1.165, 1.54) is 0 Å². The second-order valence-corrected chi connectivity index (χ2v) is 6.13. The molecule has 1 aromatic heterocycles. The number of alkyl halides is 3. The van der Waals surface area contributed by atoms with Crippen molar-refractivity contribution in [2.75, 3.05) is 44.2 Å². The highest BCUT2D eigenvalue weighted by Gasteiger charge is 2.32. The molecular weight excluding hydrogens is 323 g/mol. The van der Waals surface area contributed by atoms with Crippen LogP contribution in [-0.2, 0) is 11.0 Å². The Kier molecular flexibility index (Phi) is 4.88. The molecule has 2 saturated heterocycles. The van der Waals surface area contributed by atoms with Gasteiger partial charge < -0.3 is 15.1 Å². The van der Waals surface area contributed by atoms with Gasteiger partial charge in [-0.05, 0) is 19.4 Å². The smallest absolute Gasteiger partial charge is 0.339 e. The molecule has 6 nitrogen and oxygen atoms in total. The third-order valence-corrected chi connectivity index (χ3v) is 4.49. The SMILES string of the molecule is O=C([C@H]1CCCNC1)N1CCN(c2ncc(C(F)(F)F)cn2)CC1. The third kappa shape index (κ3) is 3.77. The number of nitrogens with one attached hydrogen (secondary N) is 1. The van der Waals surface area contributed by atoms with Gasteiger partial charge in [-0.1, -0.05) is 0 Å². The Morgan fingerprint density at radius 3 is 2.38 bits per heavy atom. The number of hydrogen-bond acceptors (Lipinski definition) is 5. The van der Waals surface area contributed by atoms with Gasteiger partial charge in [-0.15, -0.1) is 0 Å². The average molecular weight is 343 g/mol. The molecule has 1 amide bonds. The van der Waals surface area contributed by atoms with Gasteiger partial charge in [0.25, 0.3) is 0 Å². The number of anilines is 1. The van der Waals surface area contributed by atoms with E-state index in [0.29, 0.717) is 26.2 Å². The first kappa shape index (κ1) is 16.9. The summed E-state index contributed by atoms with van der Waals surface area (Å²) in [6, 6.07) is 0. The zero-order chi connectivity index (χ0) is 17.2. The molecule has 2 aliphatic rings. The maximum Gasteiger partial charge on any atom is 0.419 e. The summed E-state index contributed by atoms with van der Waals surface area (Å²) in [6.45, 7) is 3.82. The number of carbonyl (C=O) groups excluding carboxylic acids is 1. The number of amides is 1. The Morgan fingerprint density at radius 1 is 1.17 bits per heavy atom. The minimum atomic E-state index is -4.43. The topological polar surface area (TPSA) is 61.4 Å². The molecule has 0 radical (unpaired) electrons. The highest BCUT2D eigenvalue weighted by molar-refractivity contribution is 5.79. The molecule has 1 atom stereocenters. The third-order valence-electron chi connectivity index (χ3n) is 4.49. The molecule has 0 bridgehead atoms. The molecule has 1 N–H and O–H groups in total. The number of nitrogens with zero attached hydrogens (tertiary/aromatic N) is 4. The van der Waals surface area contributed by atoms with Crippen molar-refractivity contribution < 1.29 is 18.0 Å². The number of halogens is 3. The van der Waals surface area contributed by atoms with Crippen LogP contribution in [0.3, 0.4) is 0 Å². The minimum absolute atomic E-state index is 0.0348. The Bertz CT molecular complexity index is 563. The van der Waals surface area contributed by atoms with E-state index in [1.54, 1.807) is 0 Å². The molecule has 0 aromatic carbocycles. The zero-order valence-electron chi connectivity index (χ0n) is 13.2. The van der Waals surface area contributed by atoms with Gasteiger partial charge in [0.1, 0.15) is 0 Å². The van der Waals surface area contributed by atoms with Crippen molar-refractivity contribution in [2.24, 2.45) is 5.92 Å². The number of hydrogen-bond donors (Lipinski definition) is 1. The van der Waals surface area contributed by atoms with Gasteiger partial charge >= 0.3 is 6.18 Å². The maximum atomic E-state index is 12.5. The summed E-state index contributed by atoms with van der Waals surface area (Å²) in [5, 5.41) is 3.24. The van der Waals surface area contributed by atoms with Crippen molar-refractivity contribution in [2.45, 2.75) is 19.0 Å². The maximum absolute atomic E-state index is 12.5. The fraction of sp³-hybridized carbons (Fsp3) is 0.667. The molecule has 0 saturated carbocycles. The second-order valence-electron chi connectivity index (χ2n) is 6.13. The fourth-order valence-electron chi connectivity index (χ4n) is 3.08. The molecule has 24 heavy (non-hydrogen) atoms. The highest BCUT2D eigenvalue weighted by Crippen LogP contribution is 2.28. The van der Waals surface area contributed by atoms with Crippen LogP contribution in [0.4, 0.5) is 19.1 Å². The van der Waals surface area contributed by atoms with Crippen LogP contribution in [0.25, 0.3) is 0 Å². The van der Waals surface area contributed by atoms with Crippen LogP contribution in [0, 0.1) is 5.92 Å². The van der Waals surface area contributed by atoms with Crippen molar-refractivity contribution in [3.05, 3.63) is 18.0 Å². The van der Waals surface area contributed by atoms with Gasteiger partial charge in [0.2, 0.25) is 11.9 Å². The quantitative estimate of drug-likeness (QED) is 0.873. The molecular formula is C15H20F3N5O. The van der Waals surface area contributed by atoms with E-state index in [1.807, 2.05) is 9.80 Å². The van der Waals surface area contributed by atoms with Crippen LogP contribution in [0.2, 0.25) is 0 Å². The highest BCUT2D eigenvalue weighted by atomic mass is 19.4. The van der Waals surface area contributed by atoms with E-state index in [-0.39, 0.29) is 17.8 Å². The summed E-state index contributed by atoms with van der Waals surface area (Å²) in [4.78, 5) is 23.7. The van der Waals surface area contributed by atoms with Crippen molar-refractivity contribution in [3.63, 3.8) is 0 Å². The first-order valence-electron chi connectivity index (χ1n) is 8.09. The Hall–Kier alpha value is -1.90. The van der Waals surface area contributed by atoms with Crippen molar-refractivity contribution >= 4 is 11.9 Å². The van der Waals surface area contributed by atoms with Crippen LogP contribution in [0.1, 0.15) is 18.4 Å². The fourth-order valence-corrected chi connectivity index (χ4v) is 3.08. The molecule has 3 heterocycles. The number of aromatic nitrogens is 2. The summed E-state index contributed by atoms with van der Waals surface area (Å²) < 4.78 is 37.6.